The molecule has 18 heavy (non-hydrogen) atoms. The van der Waals surface area contributed by atoms with Crippen molar-refractivity contribution in [3.63, 3.8) is 0 Å². The lowest BCUT2D eigenvalue weighted by Crippen LogP contribution is -2.49. The minimum atomic E-state index is -1.06. The summed E-state index contributed by atoms with van der Waals surface area (Å²) in [5.41, 5.74) is 6.41. The van der Waals surface area contributed by atoms with Gasteiger partial charge >= 0.3 is 5.97 Å². The molecule has 0 aliphatic rings. The van der Waals surface area contributed by atoms with Gasteiger partial charge in [0.25, 0.3) is 0 Å². The number of hydrogen-bond acceptors (Lipinski definition) is 3. The van der Waals surface area contributed by atoms with Crippen LogP contribution in [0.25, 0.3) is 0 Å². The number of carboxylic acid groups (broad SMARTS) is 1. The van der Waals surface area contributed by atoms with Gasteiger partial charge in [-0.15, -0.1) is 0 Å². The molecule has 98 valence electrons. The normalized spacial score (nSPS) is 13.7. The summed E-state index contributed by atoms with van der Waals surface area (Å²) >= 11 is 0. The van der Waals surface area contributed by atoms with Crippen LogP contribution >= 0.6 is 0 Å². The van der Waals surface area contributed by atoms with E-state index in [0.717, 1.165) is 5.56 Å². The van der Waals surface area contributed by atoms with Crippen molar-refractivity contribution in [2.24, 2.45) is 5.73 Å². The van der Waals surface area contributed by atoms with Gasteiger partial charge in [-0.3, -0.25) is 4.79 Å². The highest BCUT2D eigenvalue weighted by Crippen LogP contribution is 2.04. The number of carbonyl (C=O) groups is 2. The van der Waals surface area contributed by atoms with Gasteiger partial charge in [-0.25, -0.2) is 4.79 Å². The second-order valence-corrected chi connectivity index (χ2v) is 4.10. The van der Waals surface area contributed by atoms with E-state index in [1.165, 1.54) is 0 Å². The molecule has 0 aromatic heterocycles. The van der Waals surface area contributed by atoms with Crippen LogP contribution in [0.4, 0.5) is 0 Å². The molecule has 0 aliphatic heterocycles. The second-order valence-electron chi connectivity index (χ2n) is 4.10. The van der Waals surface area contributed by atoms with Crippen LogP contribution in [0.1, 0.15) is 18.9 Å². The second kappa shape index (κ2) is 6.76. The van der Waals surface area contributed by atoms with E-state index >= 15 is 0 Å². The SMILES string of the molecule is CC[C@@H](N)C(=O)N[C@H](Cc1ccccc1)C(=O)O. The molecule has 0 spiro atoms. The lowest BCUT2D eigenvalue weighted by molar-refractivity contribution is -0.142. The number of aliphatic carboxylic acids is 1. The molecule has 5 nitrogen and oxygen atoms in total. The van der Waals surface area contributed by atoms with Crippen LogP contribution in [0.5, 0.6) is 0 Å². The lowest BCUT2D eigenvalue weighted by atomic mass is 10.1. The molecule has 0 saturated carbocycles. The van der Waals surface area contributed by atoms with Gasteiger partial charge in [-0.2, -0.15) is 0 Å². The Balaban J connectivity index is 2.67. The Morgan fingerprint density at radius 3 is 2.44 bits per heavy atom. The van der Waals surface area contributed by atoms with E-state index in [4.69, 9.17) is 10.8 Å². The molecule has 0 heterocycles. The van der Waals surface area contributed by atoms with E-state index in [2.05, 4.69) is 5.32 Å². The van der Waals surface area contributed by atoms with E-state index in [0.29, 0.717) is 6.42 Å². The molecule has 4 N–H and O–H groups in total. The maximum absolute atomic E-state index is 11.6. The van der Waals surface area contributed by atoms with Crippen LogP contribution in [0, 0.1) is 0 Å². The zero-order chi connectivity index (χ0) is 13.5. The first kappa shape index (κ1) is 14.2. The first-order valence-corrected chi connectivity index (χ1v) is 5.87. The molecule has 0 bridgehead atoms. The third kappa shape index (κ3) is 4.18. The molecule has 1 rings (SSSR count). The molecule has 0 saturated heterocycles. The largest absolute Gasteiger partial charge is 0.480 e. The van der Waals surface area contributed by atoms with E-state index in [-0.39, 0.29) is 6.42 Å². The van der Waals surface area contributed by atoms with Gasteiger partial charge in [0.1, 0.15) is 6.04 Å². The molecule has 1 amide bonds. The average molecular weight is 250 g/mol. The van der Waals surface area contributed by atoms with E-state index in [1.54, 1.807) is 6.92 Å². The molecule has 0 aliphatic carbocycles. The van der Waals surface area contributed by atoms with Crippen LogP contribution in [0.15, 0.2) is 30.3 Å². The predicted octanol–water partition coefficient (Wildman–Crippen LogP) is 0.536. The summed E-state index contributed by atoms with van der Waals surface area (Å²) in [6, 6.07) is 7.54. The molecule has 0 fully saturated rings. The van der Waals surface area contributed by atoms with Gasteiger partial charge in [0.2, 0.25) is 5.91 Å². The summed E-state index contributed by atoms with van der Waals surface area (Å²) in [5, 5.41) is 11.5. The minimum Gasteiger partial charge on any atom is -0.480 e. The molecule has 0 radical (unpaired) electrons. The van der Waals surface area contributed by atoms with Crippen LogP contribution in [-0.4, -0.2) is 29.1 Å². The van der Waals surface area contributed by atoms with Crippen molar-refractivity contribution in [2.45, 2.75) is 31.8 Å². The molecular formula is C13H18N2O3. The number of nitrogens with two attached hydrogens (primary N) is 1. The molecule has 2 atom stereocenters. The number of carbonyl (C=O) groups excluding carboxylic acids is 1. The Morgan fingerprint density at radius 1 is 1.33 bits per heavy atom. The Labute approximate surface area is 106 Å². The molecular weight excluding hydrogens is 232 g/mol. The number of amides is 1. The lowest BCUT2D eigenvalue weighted by Gasteiger charge is -2.17. The first-order chi connectivity index (χ1) is 8.54. The summed E-state index contributed by atoms with van der Waals surface area (Å²) in [6.45, 7) is 1.78. The predicted molar refractivity (Wildman–Crippen MR) is 68.0 cm³/mol. The Morgan fingerprint density at radius 2 is 1.94 bits per heavy atom. The van der Waals surface area contributed by atoms with Crippen molar-refractivity contribution in [2.75, 3.05) is 0 Å². The third-order valence-electron chi connectivity index (χ3n) is 2.67. The van der Waals surface area contributed by atoms with Crippen LogP contribution in [-0.2, 0) is 16.0 Å². The highest BCUT2D eigenvalue weighted by atomic mass is 16.4. The highest BCUT2D eigenvalue weighted by Gasteiger charge is 2.22. The monoisotopic (exact) mass is 250 g/mol. The van der Waals surface area contributed by atoms with Crippen molar-refractivity contribution >= 4 is 11.9 Å². The summed E-state index contributed by atoms with van der Waals surface area (Å²) in [6.07, 6.45) is 0.724. The Hall–Kier alpha value is -1.88. The van der Waals surface area contributed by atoms with Crippen molar-refractivity contribution in [3.05, 3.63) is 35.9 Å². The zero-order valence-corrected chi connectivity index (χ0v) is 10.3. The number of hydrogen-bond donors (Lipinski definition) is 3. The van der Waals surface area contributed by atoms with Crippen LogP contribution in [0.3, 0.4) is 0 Å². The fourth-order valence-electron chi connectivity index (χ4n) is 1.51. The van der Waals surface area contributed by atoms with Crippen molar-refractivity contribution in [1.82, 2.24) is 5.32 Å². The van der Waals surface area contributed by atoms with Crippen molar-refractivity contribution < 1.29 is 14.7 Å². The highest BCUT2D eigenvalue weighted by molar-refractivity contribution is 5.86. The smallest absolute Gasteiger partial charge is 0.326 e. The number of nitrogens with one attached hydrogen (secondary N) is 1. The van der Waals surface area contributed by atoms with Crippen molar-refractivity contribution in [1.29, 1.82) is 0 Å². The molecule has 0 unspecified atom stereocenters. The van der Waals surface area contributed by atoms with Crippen LogP contribution in [0.2, 0.25) is 0 Å². The number of rotatable bonds is 6. The molecule has 1 aromatic carbocycles. The van der Waals surface area contributed by atoms with E-state index in [9.17, 15) is 9.59 Å². The maximum Gasteiger partial charge on any atom is 0.326 e. The summed E-state index contributed by atoms with van der Waals surface area (Å²) in [7, 11) is 0. The zero-order valence-electron chi connectivity index (χ0n) is 10.3. The average Bonchev–Trinajstić information content (AvgIpc) is 2.37. The van der Waals surface area contributed by atoms with Crippen molar-refractivity contribution in [3.8, 4) is 0 Å². The third-order valence-corrected chi connectivity index (χ3v) is 2.67. The van der Waals surface area contributed by atoms with Gasteiger partial charge in [0.15, 0.2) is 0 Å². The summed E-state index contributed by atoms with van der Waals surface area (Å²) in [4.78, 5) is 22.7. The van der Waals surface area contributed by atoms with Gasteiger partial charge in [0.05, 0.1) is 6.04 Å². The fraction of sp³-hybridized carbons (Fsp3) is 0.385. The summed E-state index contributed by atoms with van der Waals surface area (Å²) in [5.74, 6) is -1.49. The standard InChI is InChI=1S/C13H18N2O3/c1-2-10(14)12(16)15-11(13(17)18)8-9-6-4-3-5-7-9/h3-7,10-11H,2,8,14H2,1H3,(H,15,16)(H,17,18)/t10-,11-/m1/s1. The summed E-state index contributed by atoms with van der Waals surface area (Å²) < 4.78 is 0. The first-order valence-electron chi connectivity index (χ1n) is 5.87. The Kier molecular flexibility index (Phi) is 5.32. The quantitative estimate of drug-likeness (QED) is 0.687. The van der Waals surface area contributed by atoms with E-state index < -0.39 is 24.0 Å². The van der Waals surface area contributed by atoms with Gasteiger partial charge in [0, 0.05) is 6.42 Å². The van der Waals surface area contributed by atoms with Crippen LogP contribution < -0.4 is 11.1 Å². The maximum atomic E-state index is 11.6. The van der Waals surface area contributed by atoms with Gasteiger partial charge < -0.3 is 16.2 Å². The number of benzene rings is 1. The number of carboxylic acids is 1. The van der Waals surface area contributed by atoms with E-state index in [1.807, 2.05) is 30.3 Å². The molecule has 5 heteroatoms. The van der Waals surface area contributed by atoms with Gasteiger partial charge in [-0.1, -0.05) is 37.3 Å². The minimum absolute atomic E-state index is 0.248. The molecule has 1 aromatic rings. The fourth-order valence-corrected chi connectivity index (χ4v) is 1.51. The Bertz CT molecular complexity index is 406. The van der Waals surface area contributed by atoms with Gasteiger partial charge in [-0.05, 0) is 12.0 Å². The topological polar surface area (TPSA) is 92.4 Å².